The molecule has 96 valence electrons. The summed E-state index contributed by atoms with van der Waals surface area (Å²) >= 11 is 0. The molecule has 0 amide bonds. The van der Waals surface area contributed by atoms with E-state index in [-0.39, 0.29) is 30.5 Å². The van der Waals surface area contributed by atoms with Crippen molar-refractivity contribution in [3.05, 3.63) is 29.3 Å². The lowest BCUT2D eigenvalue weighted by Gasteiger charge is -2.30. The van der Waals surface area contributed by atoms with Crippen molar-refractivity contribution in [3.63, 3.8) is 0 Å². The molecule has 0 fully saturated rings. The van der Waals surface area contributed by atoms with Gasteiger partial charge in [0.1, 0.15) is 5.75 Å². The fourth-order valence-electron chi connectivity index (χ4n) is 1.95. The number of ether oxygens (including phenoxy) is 1. The van der Waals surface area contributed by atoms with Crippen LogP contribution in [0.4, 0.5) is 0 Å². The first-order chi connectivity index (χ1) is 7.54. The second-order valence-electron chi connectivity index (χ2n) is 5.09. The molecule has 2 rings (SSSR count). The standard InChI is InChI=1S/C13H19NO2.ClH/c1-13(2,8-15)12(14)10-3-4-11-9(7-10)5-6-16-11;/h3-4,7,12,15H,5-6,8,14H2,1-2H3;1H/t12-;/m1./s1. The third kappa shape index (κ3) is 2.73. The lowest BCUT2D eigenvalue weighted by atomic mass is 9.81. The van der Waals surface area contributed by atoms with Gasteiger partial charge in [0.15, 0.2) is 0 Å². The Balaban J connectivity index is 0.00000144. The Morgan fingerprint density at radius 2 is 2.18 bits per heavy atom. The van der Waals surface area contributed by atoms with E-state index in [0.29, 0.717) is 0 Å². The third-order valence-electron chi connectivity index (χ3n) is 3.32. The predicted octanol–water partition coefficient (Wildman–Crippen LogP) is 2.06. The van der Waals surface area contributed by atoms with Crippen molar-refractivity contribution in [1.29, 1.82) is 0 Å². The number of halogens is 1. The summed E-state index contributed by atoms with van der Waals surface area (Å²) in [7, 11) is 0. The van der Waals surface area contributed by atoms with Gasteiger partial charge in [0.2, 0.25) is 0 Å². The Hall–Kier alpha value is -0.770. The molecular formula is C13H20ClNO2. The molecule has 1 aliphatic rings. The first kappa shape index (κ1) is 14.3. The highest BCUT2D eigenvalue weighted by molar-refractivity contribution is 5.85. The molecule has 3 N–H and O–H groups in total. The zero-order valence-corrected chi connectivity index (χ0v) is 11.1. The van der Waals surface area contributed by atoms with Crippen LogP contribution in [-0.4, -0.2) is 18.3 Å². The average Bonchev–Trinajstić information content (AvgIpc) is 2.74. The maximum Gasteiger partial charge on any atom is 0.122 e. The molecule has 0 aromatic heterocycles. The topological polar surface area (TPSA) is 55.5 Å². The number of nitrogens with two attached hydrogens (primary N) is 1. The van der Waals surface area contributed by atoms with Crippen LogP contribution in [0.3, 0.4) is 0 Å². The van der Waals surface area contributed by atoms with E-state index < -0.39 is 0 Å². The van der Waals surface area contributed by atoms with Gasteiger partial charge in [-0.1, -0.05) is 26.0 Å². The minimum atomic E-state index is -0.298. The summed E-state index contributed by atoms with van der Waals surface area (Å²) < 4.78 is 5.45. The molecule has 0 saturated carbocycles. The van der Waals surface area contributed by atoms with E-state index in [2.05, 4.69) is 6.07 Å². The first-order valence-corrected chi connectivity index (χ1v) is 5.66. The van der Waals surface area contributed by atoms with Crippen molar-refractivity contribution in [3.8, 4) is 5.75 Å². The summed E-state index contributed by atoms with van der Waals surface area (Å²) in [6.07, 6.45) is 0.954. The van der Waals surface area contributed by atoms with Crippen molar-refractivity contribution in [1.82, 2.24) is 0 Å². The van der Waals surface area contributed by atoms with Crippen molar-refractivity contribution >= 4 is 12.4 Å². The minimum absolute atomic E-state index is 0. The van der Waals surface area contributed by atoms with Crippen molar-refractivity contribution < 1.29 is 9.84 Å². The molecule has 0 spiro atoms. The van der Waals surface area contributed by atoms with Gasteiger partial charge in [0.05, 0.1) is 6.61 Å². The smallest absolute Gasteiger partial charge is 0.122 e. The van der Waals surface area contributed by atoms with Gasteiger partial charge < -0.3 is 15.6 Å². The number of fused-ring (bicyclic) bond motifs is 1. The second-order valence-corrected chi connectivity index (χ2v) is 5.09. The van der Waals surface area contributed by atoms with Gasteiger partial charge in [-0.15, -0.1) is 12.4 Å². The maximum absolute atomic E-state index is 9.31. The molecule has 0 radical (unpaired) electrons. The van der Waals surface area contributed by atoms with E-state index in [1.165, 1.54) is 5.56 Å². The zero-order valence-electron chi connectivity index (χ0n) is 10.3. The first-order valence-electron chi connectivity index (χ1n) is 5.66. The summed E-state index contributed by atoms with van der Waals surface area (Å²) in [5.74, 6) is 0.970. The Kier molecular flexibility index (Phi) is 4.42. The van der Waals surface area contributed by atoms with E-state index in [9.17, 15) is 5.11 Å². The fraction of sp³-hybridized carbons (Fsp3) is 0.538. The summed E-state index contributed by atoms with van der Waals surface area (Å²) in [6, 6.07) is 5.92. The Morgan fingerprint density at radius 1 is 1.47 bits per heavy atom. The van der Waals surface area contributed by atoms with Gasteiger partial charge in [-0.25, -0.2) is 0 Å². The van der Waals surface area contributed by atoms with Crippen LogP contribution in [0.1, 0.15) is 31.0 Å². The molecule has 3 nitrogen and oxygen atoms in total. The minimum Gasteiger partial charge on any atom is -0.493 e. The monoisotopic (exact) mass is 257 g/mol. The predicted molar refractivity (Wildman–Crippen MR) is 70.7 cm³/mol. The van der Waals surface area contributed by atoms with Gasteiger partial charge in [-0.3, -0.25) is 0 Å². The fourth-order valence-corrected chi connectivity index (χ4v) is 1.95. The number of rotatable bonds is 3. The molecule has 0 saturated heterocycles. The van der Waals surface area contributed by atoms with E-state index in [1.807, 2.05) is 26.0 Å². The van der Waals surface area contributed by atoms with E-state index >= 15 is 0 Å². The molecule has 1 atom stereocenters. The molecule has 1 aliphatic heterocycles. The maximum atomic E-state index is 9.31. The van der Waals surface area contributed by atoms with E-state index in [0.717, 1.165) is 24.3 Å². The SMILES string of the molecule is CC(C)(CO)[C@H](N)c1ccc2c(c1)CCO2.Cl. The molecule has 17 heavy (non-hydrogen) atoms. The van der Waals surface area contributed by atoms with Gasteiger partial charge in [-0.05, 0) is 17.2 Å². The van der Waals surface area contributed by atoms with Crippen molar-refractivity contribution in [2.45, 2.75) is 26.3 Å². The van der Waals surface area contributed by atoms with Gasteiger partial charge in [-0.2, -0.15) is 0 Å². The zero-order chi connectivity index (χ0) is 11.8. The lowest BCUT2D eigenvalue weighted by Crippen LogP contribution is -2.32. The van der Waals surface area contributed by atoms with Crippen LogP contribution in [0.25, 0.3) is 0 Å². The third-order valence-corrected chi connectivity index (χ3v) is 3.32. The average molecular weight is 258 g/mol. The molecule has 4 heteroatoms. The number of hydrogen-bond donors (Lipinski definition) is 2. The number of aliphatic hydroxyl groups excluding tert-OH is 1. The van der Waals surface area contributed by atoms with E-state index in [1.54, 1.807) is 0 Å². The largest absolute Gasteiger partial charge is 0.493 e. The van der Waals surface area contributed by atoms with Crippen molar-refractivity contribution in [2.24, 2.45) is 11.1 Å². The number of benzene rings is 1. The Bertz CT molecular complexity index is 393. The van der Waals surface area contributed by atoms with Crippen LogP contribution in [0.5, 0.6) is 5.75 Å². The summed E-state index contributed by atoms with van der Waals surface area (Å²) in [4.78, 5) is 0. The number of hydrogen-bond acceptors (Lipinski definition) is 3. The highest BCUT2D eigenvalue weighted by Crippen LogP contribution is 2.34. The van der Waals surface area contributed by atoms with Gasteiger partial charge >= 0.3 is 0 Å². The summed E-state index contributed by atoms with van der Waals surface area (Å²) in [5.41, 5.74) is 8.17. The molecule has 1 aromatic carbocycles. The molecular weight excluding hydrogens is 238 g/mol. The lowest BCUT2D eigenvalue weighted by molar-refractivity contribution is 0.132. The van der Waals surface area contributed by atoms with Crippen LogP contribution >= 0.6 is 12.4 Å². The van der Waals surface area contributed by atoms with Crippen molar-refractivity contribution in [2.75, 3.05) is 13.2 Å². The van der Waals surface area contributed by atoms with E-state index in [4.69, 9.17) is 10.5 Å². The van der Waals surface area contributed by atoms with Crippen LogP contribution in [0.2, 0.25) is 0 Å². The van der Waals surface area contributed by atoms with Crippen LogP contribution in [0.15, 0.2) is 18.2 Å². The Labute approximate surface area is 108 Å². The number of aliphatic hydroxyl groups is 1. The Morgan fingerprint density at radius 3 is 2.82 bits per heavy atom. The summed E-state index contributed by atoms with van der Waals surface area (Å²) in [5, 5.41) is 9.31. The molecule has 1 heterocycles. The highest BCUT2D eigenvalue weighted by Gasteiger charge is 2.27. The molecule has 0 unspecified atom stereocenters. The molecule has 1 aromatic rings. The molecule has 0 aliphatic carbocycles. The van der Waals surface area contributed by atoms with Gasteiger partial charge in [0, 0.05) is 24.5 Å². The molecule has 0 bridgehead atoms. The quantitative estimate of drug-likeness (QED) is 0.872. The van der Waals surface area contributed by atoms with Crippen LogP contribution in [0, 0.1) is 5.41 Å². The normalized spacial score (nSPS) is 15.8. The van der Waals surface area contributed by atoms with Crippen LogP contribution in [-0.2, 0) is 6.42 Å². The second kappa shape index (κ2) is 5.25. The summed E-state index contributed by atoms with van der Waals surface area (Å²) in [6.45, 7) is 4.79. The van der Waals surface area contributed by atoms with Gasteiger partial charge in [0.25, 0.3) is 0 Å². The highest BCUT2D eigenvalue weighted by atomic mass is 35.5. The van der Waals surface area contributed by atoms with Crippen LogP contribution < -0.4 is 10.5 Å².